The molecule has 2 N–H and O–H groups in total. The monoisotopic (exact) mass is 568 g/mol. The topological polar surface area (TPSA) is 96.5 Å². The summed E-state index contributed by atoms with van der Waals surface area (Å²) in [5.41, 5.74) is 3.66. The summed E-state index contributed by atoms with van der Waals surface area (Å²) < 4.78 is 10.8. The third-order valence-corrected chi connectivity index (χ3v) is 8.95. The Hall–Kier alpha value is -4.33. The van der Waals surface area contributed by atoms with Crippen LogP contribution in [0.1, 0.15) is 56.9 Å². The summed E-state index contributed by atoms with van der Waals surface area (Å²) in [6.45, 7) is 10.4. The van der Waals surface area contributed by atoms with Crippen LogP contribution in [0.3, 0.4) is 0 Å². The molecule has 1 saturated carbocycles. The van der Waals surface area contributed by atoms with Gasteiger partial charge in [0.05, 0.1) is 19.9 Å². The Morgan fingerprint density at radius 2 is 1.83 bits per heavy atom. The van der Waals surface area contributed by atoms with Crippen molar-refractivity contribution in [2.75, 3.05) is 19.5 Å². The molecule has 2 amide bonds. The number of hydrogen-bond acceptors (Lipinski definition) is 5. The molecule has 1 aliphatic carbocycles. The fourth-order valence-electron chi connectivity index (χ4n) is 6.27. The maximum atomic E-state index is 14.2. The van der Waals surface area contributed by atoms with Crippen LogP contribution in [0.25, 0.3) is 10.9 Å². The zero-order valence-electron chi connectivity index (χ0n) is 25.4. The van der Waals surface area contributed by atoms with Gasteiger partial charge in [0.25, 0.3) is 0 Å². The molecule has 42 heavy (non-hydrogen) atoms. The number of methoxy groups -OCH3 is 2. The highest BCUT2D eigenvalue weighted by atomic mass is 16.5. The van der Waals surface area contributed by atoms with Gasteiger partial charge in [0.2, 0.25) is 11.8 Å². The summed E-state index contributed by atoms with van der Waals surface area (Å²) in [4.78, 5) is 37.5. The van der Waals surface area contributed by atoms with Gasteiger partial charge < -0.3 is 24.7 Å². The van der Waals surface area contributed by atoms with E-state index in [1.54, 1.807) is 56.4 Å². The Labute approximate surface area is 247 Å². The van der Waals surface area contributed by atoms with Gasteiger partial charge >= 0.3 is 0 Å². The number of ether oxygens (including phenoxy) is 2. The van der Waals surface area contributed by atoms with E-state index in [-0.39, 0.29) is 35.6 Å². The van der Waals surface area contributed by atoms with E-state index in [1.165, 1.54) is 18.1 Å². The highest BCUT2D eigenvalue weighted by Gasteiger charge is 2.60. The van der Waals surface area contributed by atoms with E-state index in [0.717, 1.165) is 16.8 Å². The lowest BCUT2D eigenvalue weighted by atomic mass is 9.98. The third-order valence-electron chi connectivity index (χ3n) is 8.95. The lowest BCUT2D eigenvalue weighted by Crippen LogP contribution is -2.55. The molecule has 0 bridgehead atoms. The number of hydrogen-bond donors (Lipinski definition) is 2. The predicted molar refractivity (Wildman–Crippen MR) is 165 cm³/mol. The number of amides is 2. The highest BCUT2D eigenvalue weighted by Crippen LogP contribution is 2.67. The molecule has 8 heteroatoms. The molecule has 220 valence electrons. The Bertz CT molecular complexity index is 1610. The number of nitrogens with one attached hydrogen (secondary N) is 2. The predicted octanol–water partition coefficient (Wildman–Crippen LogP) is 6.46. The minimum atomic E-state index is -1.18. The first-order valence-corrected chi connectivity index (χ1v) is 14.3. The summed E-state index contributed by atoms with van der Waals surface area (Å²) >= 11 is 0. The molecule has 2 heterocycles. The van der Waals surface area contributed by atoms with Gasteiger partial charge in [0.1, 0.15) is 17.0 Å². The van der Waals surface area contributed by atoms with Crippen LogP contribution in [0, 0.1) is 18.3 Å². The van der Waals surface area contributed by atoms with E-state index in [1.807, 2.05) is 18.2 Å². The van der Waals surface area contributed by atoms with E-state index < -0.39 is 5.54 Å². The summed E-state index contributed by atoms with van der Waals surface area (Å²) in [5, 5.41) is 4.20. The number of pyridine rings is 1. The number of fused-ring (bicyclic) bond motifs is 1. The minimum absolute atomic E-state index is 0.0613. The average molecular weight is 569 g/mol. The van der Waals surface area contributed by atoms with E-state index in [2.05, 4.69) is 54.3 Å². The fraction of sp³-hybridized carbons (Fsp3) is 0.382. The number of anilines is 1. The van der Waals surface area contributed by atoms with Gasteiger partial charge in [-0.2, -0.15) is 0 Å². The van der Waals surface area contributed by atoms with E-state index in [4.69, 9.17) is 9.47 Å². The van der Waals surface area contributed by atoms with Crippen molar-refractivity contribution in [3.8, 4) is 11.5 Å². The average Bonchev–Trinajstić information content (AvgIpc) is 3.32. The molecule has 1 aliphatic rings. The number of para-hydroxylation sites is 1. The van der Waals surface area contributed by atoms with Crippen molar-refractivity contribution >= 4 is 28.4 Å². The van der Waals surface area contributed by atoms with Crippen molar-refractivity contribution in [3.05, 3.63) is 83.8 Å². The van der Waals surface area contributed by atoms with Gasteiger partial charge in [0, 0.05) is 48.0 Å². The smallest absolute Gasteiger partial charge is 0.249 e. The standard InChI is InChI=1S/C34H40N4O4/c1-21-30(24-12-8-9-13-26(24)36-21)31-25(33(31,2)3)18-29(39)38(20-22-11-10-16-35-19-22)34(4,5)32(40)37-27-15-14-23(41-6)17-28(27)42-7/h8-17,19,25,31,36H,18,20H2,1-7H3,(H,37,40). The number of H-pyrrole nitrogens is 1. The first-order valence-electron chi connectivity index (χ1n) is 14.3. The molecule has 2 unspecified atom stereocenters. The lowest BCUT2D eigenvalue weighted by molar-refractivity contribution is -0.145. The first-order chi connectivity index (χ1) is 20.0. The van der Waals surface area contributed by atoms with Crippen molar-refractivity contribution in [1.29, 1.82) is 0 Å². The number of nitrogens with zero attached hydrogens (tertiary/aromatic N) is 2. The fourth-order valence-corrected chi connectivity index (χ4v) is 6.27. The van der Waals surface area contributed by atoms with Gasteiger partial charge in [0.15, 0.2) is 0 Å². The van der Waals surface area contributed by atoms with Crippen LogP contribution in [-0.2, 0) is 16.1 Å². The van der Waals surface area contributed by atoms with Crippen LogP contribution < -0.4 is 14.8 Å². The van der Waals surface area contributed by atoms with Gasteiger partial charge in [-0.1, -0.05) is 38.1 Å². The molecule has 0 spiro atoms. The molecule has 4 aromatic rings. The quantitative estimate of drug-likeness (QED) is 0.229. The zero-order chi connectivity index (χ0) is 30.2. The molecule has 0 aliphatic heterocycles. The number of carbonyl (C=O) groups is 2. The van der Waals surface area contributed by atoms with Crippen molar-refractivity contribution in [2.24, 2.45) is 11.3 Å². The van der Waals surface area contributed by atoms with Crippen LogP contribution >= 0.6 is 0 Å². The van der Waals surface area contributed by atoms with Crippen LogP contribution in [0.4, 0.5) is 5.69 Å². The molecular weight excluding hydrogens is 528 g/mol. The normalized spacial score (nSPS) is 17.5. The van der Waals surface area contributed by atoms with Crippen molar-refractivity contribution in [3.63, 3.8) is 0 Å². The van der Waals surface area contributed by atoms with Crippen LogP contribution in [0.2, 0.25) is 0 Å². The Balaban J connectivity index is 1.42. The number of aryl methyl sites for hydroxylation is 1. The lowest BCUT2D eigenvalue weighted by Gasteiger charge is -2.38. The SMILES string of the molecule is COc1ccc(NC(=O)C(C)(C)N(Cc2cccnc2)C(=O)CC2C(c3c(C)[nH]c4ccccc34)C2(C)C)c(OC)c1. The number of carbonyl (C=O) groups excluding carboxylic acids is 2. The van der Waals surface area contributed by atoms with Crippen molar-refractivity contribution < 1.29 is 19.1 Å². The second kappa shape index (κ2) is 11.2. The number of aromatic amines is 1. The number of aromatic nitrogens is 2. The largest absolute Gasteiger partial charge is 0.497 e. The summed E-state index contributed by atoms with van der Waals surface area (Å²) in [5.74, 6) is 1.07. The van der Waals surface area contributed by atoms with E-state index >= 15 is 0 Å². The molecule has 2 aromatic carbocycles. The van der Waals surface area contributed by atoms with Gasteiger partial charge in [-0.25, -0.2) is 0 Å². The Morgan fingerprint density at radius 3 is 2.52 bits per heavy atom. The second-order valence-electron chi connectivity index (χ2n) is 12.2. The summed E-state index contributed by atoms with van der Waals surface area (Å²) in [6, 6.07) is 17.3. The van der Waals surface area contributed by atoms with Crippen LogP contribution in [-0.4, -0.2) is 46.4 Å². The molecular formula is C34H40N4O4. The Kier molecular flexibility index (Phi) is 7.75. The first kappa shape index (κ1) is 29.2. The number of rotatable bonds is 10. The van der Waals surface area contributed by atoms with E-state index in [0.29, 0.717) is 23.6 Å². The van der Waals surface area contributed by atoms with Gasteiger partial charge in [-0.05, 0) is 73.4 Å². The van der Waals surface area contributed by atoms with E-state index in [9.17, 15) is 9.59 Å². The van der Waals surface area contributed by atoms with Crippen LogP contribution in [0.15, 0.2) is 67.0 Å². The highest BCUT2D eigenvalue weighted by molar-refractivity contribution is 6.01. The third kappa shape index (κ3) is 5.33. The molecule has 1 fully saturated rings. The van der Waals surface area contributed by atoms with Crippen LogP contribution in [0.5, 0.6) is 11.5 Å². The maximum Gasteiger partial charge on any atom is 0.249 e. The van der Waals surface area contributed by atoms with Gasteiger partial charge in [-0.15, -0.1) is 0 Å². The van der Waals surface area contributed by atoms with Crippen molar-refractivity contribution in [2.45, 2.75) is 59.0 Å². The summed E-state index contributed by atoms with van der Waals surface area (Å²) in [6.07, 6.45) is 3.77. The molecule has 5 rings (SSSR count). The van der Waals surface area contributed by atoms with Crippen molar-refractivity contribution in [1.82, 2.24) is 14.9 Å². The Morgan fingerprint density at radius 1 is 1.07 bits per heavy atom. The zero-order valence-corrected chi connectivity index (χ0v) is 25.4. The maximum absolute atomic E-state index is 14.2. The number of benzene rings is 2. The second-order valence-corrected chi connectivity index (χ2v) is 12.2. The molecule has 0 radical (unpaired) electrons. The minimum Gasteiger partial charge on any atom is -0.497 e. The molecule has 2 atom stereocenters. The van der Waals surface area contributed by atoms with Gasteiger partial charge in [-0.3, -0.25) is 14.6 Å². The summed E-state index contributed by atoms with van der Waals surface area (Å²) in [7, 11) is 3.11. The molecule has 0 saturated heterocycles. The molecule has 2 aromatic heterocycles. The molecule has 8 nitrogen and oxygen atoms in total.